The van der Waals surface area contributed by atoms with E-state index in [9.17, 15) is 4.79 Å². The first kappa shape index (κ1) is 14.3. The van der Waals surface area contributed by atoms with Gasteiger partial charge >= 0.3 is 5.97 Å². The van der Waals surface area contributed by atoms with Crippen LogP contribution < -0.4 is 0 Å². The molecule has 0 atom stereocenters. The third kappa shape index (κ3) is 3.70. The summed E-state index contributed by atoms with van der Waals surface area (Å²) in [5, 5.41) is 9.08. The zero-order valence-electron chi connectivity index (χ0n) is 11.6. The second-order valence-electron chi connectivity index (χ2n) is 4.78. The molecule has 1 N–H and O–H groups in total. The Morgan fingerprint density at radius 2 is 1.95 bits per heavy atom. The number of carbonyl (C=O) groups is 1. The maximum absolute atomic E-state index is 11.1. The molecule has 1 heterocycles. The number of aromatic nitrogens is 1. The van der Waals surface area contributed by atoms with Crippen LogP contribution in [-0.2, 0) is 19.3 Å². The standard InChI is InChI=1S/C16H19NO3/c1-2-7-13-15(16(18)19)20-14(17-13)11-6-10-12-8-4-3-5-9-12/h3-5,8-9H,2,6-7,10-11H2,1H3,(H,18,19). The minimum atomic E-state index is -1.03. The number of rotatable bonds is 7. The first-order valence-corrected chi connectivity index (χ1v) is 6.96. The Morgan fingerprint density at radius 1 is 1.20 bits per heavy atom. The molecule has 0 fully saturated rings. The highest BCUT2D eigenvalue weighted by molar-refractivity contribution is 5.85. The monoisotopic (exact) mass is 273 g/mol. The third-order valence-electron chi connectivity index (χ3n) is 3.12. The van der Waals surface area contributed by atoms with Crippen molar-refractivity contribution in [2.75, 3.05) is 0 Å². The molecule has 4 heteroatoms. The van der Waals surface area contributed by atoms with Crippen LogP contribution in [0.5, 0.6) is 0 Å². The first-order chi connectivity index (χ1) is 9.70. The molecule has 2 rings (SSSR count). The highest BCUT2D eigenvalue weighted by atomic mass is 16.4. The van der Waals surface area contributed by atoms with E-state index in [1.54, 1.807) is 0 Å². The van der Waals surface area contributed by atoms with Crippen LogP contribution in [0.25, 0.3) is 0 Å². The van der Waals surface area contributed by atoms with Crippen molar-refractivity contribution in [3.63, 3.8) is 0 Å². The van der Waals surface area contributed by atoms with Crippen LogP contribution in [0.2, 0.25) is 0 Å². The average Bonchev–Trinajstić information content (AvgIpc) is 2.84. The van der Waals surface area contributed by atoms with Gasteiger partial charge in [0.1, 0.15) is 0 Å². The summed E-state index contributed by atoms with van der Waals surface area (Å²) in [6, 6.07) is 10.2. The van der Waals surface area contributed by atoms with Crippen molar-refractivity contribution in [3.05, 3.63) is 53.2 Å². The summed E-state index contributed by atoms with van der Waals surface area (Å²) in [6.45, 7) is 2.00. The van der Waals surface area contributed by atoms with Gasteiger partial charge in [-0.2, -0.15) is 0 Å². The minimum Gasteiger partial charge on any atom is -0.475 e. The van der Waals surface area contributed by atoms with Gasteiger partial charge in [0.05, 0.1) is 5.69 Å². The number of benzene rings is 1. The minimum absolute atomic E-state index is 0.00145. The topological polar surface area (TPSA) is 63.3 Å². The van der Waals surface area contributed by atoms with Gasteiger partial charge in [-0.05, 0) is 24.8 Å². The molecule has 0 radical (unpaired) electrons. The predicted molar refractivity (Wildman–Crippen MR) is 75.9 cm³/mol. The highest BCUT2D eigenvalue weighted by Gasteiger charge is 2.18. The largest absolute Gasteiger partial charge is 0.475 e. The fraction of sp³-hybridized carbons (Fsp3) is 0.375. The molecule has 0 spiro atoms. The molecule has 0 aliphatic heterocycles. The second kappa shape index (κ2) is 6.89. The smallest absolute Gasteiger partial charge is 0.373 e. The van der Waals surface area contributed by atoms with Crippen LogP contribution in [0.1, 0.15) is 47.5 Å². The fourth-order valence-corrected chi connectivity index (χ4v) is 2.17. The van der Waals surface area contributed by atoms with Gasteiger partial charge < -0.3 is 9.52 Å². The SMILES string of the molecule is CCCc1nc(CCCc2ccccc2)oc1C(=O)O. The van der Waals surface area contributed by atoms with Crippen molar-refractivity contribution >= 4 is 5.97 Å². The molecule has 0 bridgehead atoms. The van der Waals surface area contributed by atoms with Crippen LogP contribution in [0.3, 0.4) is 0 Å². The van der Waals surface area contributed by atoms with E-state index in [0.29, 0.717) is 24.4 Å². The van der Waals surface area contributed by atoms with Crippen molar-refractivity contribution in [2.45, 2.75) is 39.0 Å². The van der Waals surface area contributed by atoms with Gasteiger partial charge in [-0.25, -0.2) is 9.78 Å². The zero-order chi connectivity index (χ0) is 14.4. The summed E-state index contributed by atoms with van der Waals surface area (Å²) in [7, 11) is 0. The molecule has 20 heavy (non-hydrogen) atoms. The summed E-state index contributed by atoms with van der Waals surface area (Å²) in [5.41, 5.74) is 1.83. The lowest BCUT2D eigenvalue weighted by Crippen LogP contribution is -1.99. The van der Waals surface area contributed by atoms with E-state index in [1.807, 2.05) is 25.1 Å². The maximum Gasteiger partial charge on any atom is 0.373 e. The quantitative estimate of drug-likeness (QED) is 0.838. The van der Waals surface area contributed by atoms with Crippen LogP contribution >= 0.6 is 0 Å². The lowest BCUT2D eigenvalue weighted by molar-refractivity contribution is 0.0658. The Balaban J connectivity index is 1.96. The molecule has 2 aromatic rings. The van der Waals surface area contributed by atoms with Crippen molar-refractivity contribution < 1.29 is 14.3 Å². The molecule has 1 aromatic heterocycles. The van der Waals surface area contributed by atoms with E-state index in [-0.39, 0.29) is 5.76 Å². The number of hydrogen-bond donors (Lipinski definition) is 1. The number of aryl methyl sites for hydroxylation is 3. The normalized spacial score (nSPS) is 10.7. The van der Waals surface area contributed by atoms with Crippen LogP contribution in [-0.4, -0.2) is 16.1 Å². The number of hydrogen-bond acceptors (Lipinski definition) is 3. The molecule has 1 aromatic carbocycles. The van der Waals surface area contributed by atoms with Gasteiger partial charge in [-0.3, -0.25) is 0 Å². The van der Waals surface area contributed by atoms with Gasteiger partial charge in [-0.1, -0.05) is 43.7 Å². The van der Waals surface area contributed by atoms with E-state index in [2.05, 4.69) is 17.1 Å². The Kier molecular flexibility index (Phi) is 4.93. The summed E-state index contributed by atoms with van der Waals surface area (Å²) in [6.07, 6.45) is 4.00. The maximum atomic E-state index is 11.1. The molecule has 0 saturated heterocycles. The summed E-state index contributed by atoms with van der Waals surface area (Å²) >= 11 is 0. The van der Waals surface area contributed by atoms with Crippen LogP contribution in [0, 0.1) is 0 Å². The van der Waals surface area contributed by atoms with Gasteiger partial charge in [0.25, 0.3) is 0 Å². The van der Waals surface area contributed by atoms with E-state index in [0.717, 1.165) is 19.3 Å². The molecule has 0 saturated carbocycles. The van der Waals surface area contributed by atoms with Gasteiger partial charge in [-0.15, -0.1) is 0 Å². The molecule has 4 nitrogen and oxygen atoms in total. The Bertz CT molecular complexity index is 560. The first-order valence-electron chi connectivity index (χ1n) is 6.96. The average molecular weight is 273 g/mol. The highest BCUT2D eigenvalue weighted by Crippen LogP contribution is 2.15. The van der Waals surface area contributed by atoms with E-state index in [1.165, 1.54) is 5.56 Å². The number of nitrogens with zero attached hydrogens (tertiary/aromatic N) is 1. The van der Waals surface area contributed by atoms with Gasteiger partial charge in [0.15, 0.2) is 5.89 Å². The van der Waals surface area contributed by atoms with Crippen molar-refractivity contribution in [1.82, 2.24) is 4.98 Å². The molecule has 0 aliphatic rings. The molecule has 0 aliphatic carbocycles. The Hall–Kier alpha value is -2.10. The van der Waals surface area contributed by atoms with Crippen LogP contribution in [0.15, 0.2) is 34.7 Å². The molecule has 106 valence electrons. The molecule has 0 unspecified atom stereocenters. The number of aromatic carboxylic acids is 1. The van der Waals surface area contributed by atoms with Crippen molar-refractivity contribution in [1.29, 1.82) is 0 Å². The lowest BCUT2D eigenvalue weighted by atomic mass is 10.1. The predicted octanol–water partition coefficient (Wildman–Crippen LogP) is 3.50. The third-order valence-corrected chi connectivity index (χ3v) is 3.12. The summed E-state index contributed by atoms with van der Waals surface area (Å²) in [4.78, 5) is 15.4. The lowest BCUT2D eigenvalue weighted by Gasteiger charge is -1.98. The zero-order valence-corrected chi connectivity index (χ0v) is 11.6. The van der Waals surface area contributed by atoms with Gasteiger partial charge in [0.2, 0.25) is 5.76 Å². The molecular formula is C16H19NO3. The number of carboxylic acids is 1. The summed E-state index contributed by atoms with van der Waals surface area (Å²) < 4.78 is 5.36. The van der Waals surface area contributed by atoms with E-state index >= 15 is 0 Å². The van der Waals surface area contributed by atoms with Crippen molar-refractivity contribution in [3.8, 4) is 0 Å². The van der Waals surface area contributed by atoms with Crippen LogP contribution in [0.4, 0.5) is 0 Å². The molecule has 0 amide bonds. The second-order valence-corrected chi connectivity index (χ2v) is 4.78. The van der Waals surface area contributed by atoms with Crippen molar-refractivity contribution in [2.24, 2.45) is 0 Å². The van der Waals surface area contributed by atoms with E-state index in [4.69, 9.17) is 9.52 Å². The fourth-order valence-electron chi connectivity index (χ4n) is 2.17. The Labute approximate surface area is 118 Å². The number of carboxylic acid groups (broad SMARTS) is 1. The summed E-state index contributed by atoms with van der Waals surface area (Å²) in [5.74, 6) is -0.501. The molecular weight excluding hydrogens is 254 g/mol. The van der Waals surface area contributed by atoms with E-state index < -0.39 is 5.97 Å². The number of oxazole rings is 1. The Morgan fingerprint density at radius 3 is 2.60 bits per heavy atom. The van der Waals surface area contributed by atoms with Gasteiger partial charge in [0, 0.05) is 6.42 Å².